The largest absolute Gasteiger partial charge is 0.491 e. The van der Waals surface area contributed by atoms with E-state index in [1.165, 1.54) is 16.7 Å². The van der Waals surface area contributed by atoms with Crippen LogP contribution in [0.4, 0.5) is 5.69 Å². The van der Waals surface area contributed by atoms with Gasteiger partial charge in [-0.1, -0.05) is 29.8 Å². The van der Waals surface area contributed by atoms with Crippen molar-refractivity contribution in [1.29, 1.82) is 0 Å². The van der Waals surface area contributed by atoms with Crippen molar-refractivity contribution in [2.75, 3.05) is 18.5 Å². The number of rotatable bonds is 5. The molecule has 0 fully saturated rings. The summed E-state index contributed by atoms with van der Waals surface area (Å²) in [6.07, 6.45) is 0. The highest BCUT2D eigenvalue weighted by Gasteiger charge is 2.03. The molecule has 0 heterocycles. The lowest BCUT2D eigenvalue weighted by atomic mass is 10.1. The van der Waals surface area contributed by atoms with Gasteiger partial charge in [-0.25, -0.2) is 0 Å². The SMILES string of the molecule is Cc1ccc(OCCNC(=S)Nc2cccc(C)c2C)c(C)c1. The van der Waals surface area contributed by atoms with Gasteiger partial charge in [0.1, 0.15) is 12.4 Å². The maximum atomic E-state index is 5.79. The summed E-state index contributed by atoms with van der Waals surface area (Å²) >= 11 is 5.33. The number of anilines is 1. The van der Waals surface area contributed by atoms with Crippen molar-refractivity contribution in [2.45, 2.75) is 27.7 Å². The molecule has 2 aromatic carbocycles. The molecule has 0 aliphatic rings. The molecule has 0 radical (unpaired) electrons. The predicted molar refractivity (Wildman–Crippen MR) is 102 cm³/mol. The van der Waals surface area contributed by atoms with Gasteiger partial charge < -0.3 is 15.4 Å². The van der Waals surface area contributed by atoms with Crippen LogP contribution in [-0.2, 0) is 0 Å². The minimum absolute atomic E-state index is 0.568. The quantitative estimate of drug-likeness (QED) is 0.634. The van der Waals surface area contributed by atoms with Crippen LogP contribution in [-0.4, -0.2) is 18.3 Å². The molecular weight excluding hydrogens is 304 g/mol. The highest BCUT2D eigenvalue weighted by Crippen LogP contribution is 2.19. The molecule has 0 saturated heterocycles. The Morgan fingerprint density at radius 1 is 1.04 bits per heavy atom. The minimum atomic E-state index is 0.568. The fourth-order valence-electron chi connectivity index (χ4n) is 2.34. The Labute approximate surface area is 144 Å². The number of ether oxygens (including phenoxy) is 1. The van der Waals surface area contributed by atoms with Crippen molar-refractivity contribution in [3.8, 4) is 5.75 Å². The van der Waals surface area contributed by atoms with Crippen LogP contribution >= 0.6 is 12.2 Å². The lowest BCUT2D eigenvalue weighted by Crippen LogP contribution is -2.32. The molecule has 0 bridgehead atoms. The molecule has 0 amide bonds. The molecule has 0 unspecified atom stereocenters. The Morgan fingerprint density at radius 2 is 1.83 bits per heavy atom. The van der Waals surface area contributed by atoms with E-state index in [2.05, 4.69) is 56.5 Å². The first-order valence-electron chi connectivity index (χ1n) is 7.78. The van der Waals surface area contributed by atoms with E-state index < -0.39 is 0 Å². The molecule has 0 saturated carbocycles. The second-order valence-electron chi connectivity index (χ2n) is 5.75. The van der Waals surface area contributed by atoms with E-state index >= 15 is 0 Å². The highest BCUT2D eigenvalue weighted by molar-refractivity contribution is 7.80. The van der Waals surface area contributed by atoms with Gasteiger partial charge in [0.2, 0.25) is 0 Å². The second kappa shape index (κ2) is 7.97. The maximum Gasteiger partial charge on any atom is 0.170 e. The zero-order valence-corrected chi connectivity index (χ0v) is 15.0. The average Bonchev–Trinajstić information content (AvgIpc) is 2.50. The molecule has 0 atom stereocenters. The lowest BCUT2D eigenvalue weighted by Gasteiger charge is -2.14. The number of hydrogen-bond acceptors (Lipinski definition) is 2. The molecule has 2 aromatic rings. The molecule has 2 N–H and O–H groups in total. The first kappa shape index (κ1) is 17.3. The molecule has 3 nitrogen and oxygen atoms in total. The number of benzene rings is 2. The van der Waals surface area contributed by atoms with Crippen molar-refractivity contribution in [1.82, 2.24) is 5.32 Å². The zero-order valence-electron chi connectivity index (χ0n) is 14.2. The first-order chi connectivity index (χ1) is 11.0. The highest BCUT2D eigenvalue weighted by atomic mass is 32.1. The monoisotopic (exact) mass is 328 g/mol. The fraction of sp³-hybridized carbons (Fsp3) is 0.316. The topological polar surface area (TPSA) is 33.3 Å². The summed E-state index contributed by atoms with van der Waals surface area (Å²) in [5.74, 6) is 0.922. The van der Waals surface area contributed by atoms with Crippen LogP contribution in [0.2, 0.25) is 0 Å². The number of thiocarbonyl (C=S) groups is 1. The summed E-state index contributed by atoms with van der Waals surface area (Å²) in [6.45, 7) is 9.54. The number of aryl methyl sites for hydroxylation is 3. The molecular formula is C19H24N2OS. The van der Waals surface area contributed by atoms with Crippen molar-refractivity contribution in [2.24, 2.45) is 0 Å². The van der Waals surface area contributed by atoms with E-state index in [4.69, 9.17) is 17.0 Å². The Balaban J connectivity index is 1.78. The van der Waals surface area contributed by atoms with Crippen molar-refractivity contribution in [3.63, 3.8) is 0 Å². The minimum Gasteiger partial charge on any atom is -0.491 e. The summed E-state index contributed by atoms with van der Waals surface area (Å²) in [4.78, 5) is 0. The zero-order chi connectivity index (χ0) is 16.8. The van der Waals surface area contributed by atoms with Crippen LogP contribution in [0.1, 0.15) is 22.3 Å². The van der Waals surface area contributed by atoms with E-state index in [1.54, 1.807) is 0 Å². The van der Waals surface area contributed by atoms with E-state index in [9.17, 15) is 0 Å². The van der Waals surface area contributed by atoms with E-state index in [0.29, 0.717) is 18.3 Å². The number of hydrogen-bond donors (Lipinski definition) is 2. The molecule has 2 rings (SSSR count). The molecule has 122 valence electrons. The third-order valence-electron chi connectivity index (χ3n) is 3.83. The summed E-state index contributed by atoms with van der Waals surface area (Å²) in [5, 5.41) is 7.02. The smallest absolute Gasteiger partial charge is 0.170 e. The summed E-state index contributed by atoms with van der Waals surface area (Å²) < 4.78 is 5.79. The molecule has 4 heteroatoms. The average molecular weight is 328 g/mol. The van der Waals surface area contributed by atoms with Crippen LogP contribution in [0.5, 0.6) is 5.75 Å². The van der Waals surface area contributed by atoms with Gasteiger partial charge in [-0.15, -0.1) is 0 Å². The molecule has 23 heavy (non-hydrogen) atoms. The summed E-state index contributed by atoms with van der Waals surface area (Å²) in [6, 6.07) is 12.3. The first-order valence-corrected chi connectivity index (χ1v) is 8.19. The Morgan fingerprint density at radius 3 is 2.57 bits per heavy atom. The van der Waals surface area contributed by atoms with Gasteiger partial charge in [-0.05, 0) is 68.7 Å². The molecule has 0 aliphatic heterocycles. The van der Waals surface area contributed by atoms with Gasteiger partial charge in [0.25, 0.3) is 0 Å². The maximum absolute atomic E-state index is 5.79. The van der Waals surface area contributed by atoms with Gasteiger partial charge in [-0.3, -0.25) is 0 Å². The Hall–Kier alpha value is -2.07. The van der Waals surface area contributed by atoms with Crippen molar-refractivity contribution < 1.29 is 4.74 Å². The van der Waals surface area contributed by atoms with E-state index in [1.807, 2.05) is 18.2 Å². The van der Waals surface area contributed by atoms with Crippen molar-refractivity contribution >= 4 is 23.0 Å². The van der Waals surface area contributed by atoms with Crippen LogP contribution in [0, 0.1) is 27.7 Å². The third-order valence-corrected chi connectivity index (χ3v) is 4.07. The standard InChI is InChI=1S/C19H24N2OS/c1-13-8-9-18(15(3)12-13)22-11-10-20-19(23)21-17-7-5-6-14(2)16(17)4/h5-9,12H,10-11H2,1-4H3,(H2,20,21,23). The molecule has 0 aliphatic carbocycles. The van der Waals surface area contributed by atoms with Crippen molar-refractivity contribution in [3.05, 3.63) is 58.7 Å². The molecule has 0 aromatic heterocycles. The van der Waals surface area contributed by atoms with Gasteiger partial charge in [0, 0.05) is 5.69 Å². The Bertz CT molecular complexity index is 698. The Kier molecular flexibility index (Phi) is 5.99. The molecule has 0 spiro atoms. The van der Waals surface area contributed by atoms with Crippen LogP contribution in [0.15, 0.2) is 36.4 Å². The van der Waals surface area contributed by atoms with E-state index in [-0.39, 0.29) is 0 Å². The number of nitrogens with one attached hydrogen (secondary N) is 2. The van der Waals surface area contributed by atoms with Gasteiger partial charge in [0.05, 0.1) is 6.54 Å². The predicted octanol–water partition coefficient (Wildman–Crippen LogP) is 4.29. The van der Waals surface area contributed by atoms with Gasteiger partial charge in [-0.2, -0.15) is 0 Å². The fourth-order valence-corrected chi connectivity index (χ4v) is 2.55. The van der Waals surface area contributed by atoms with Crippen LogP contribution < -0.4 is 15.4 Å². The van der Waals surface area contributed by atoms with E-state index in [0.717, 1.165) is 17.0 Å². The third kappa shape index (κ3) is 4.96. The van der Waals surface area contributed by atoms with Crippen LogP contribution in [0.25, 0.3) is 0 Å². The van der Waals surface area contributed by atoms with Gasteiger partial charge in [0.15, 0.2) is 5.11 Å². The van der Waals surface area contributed by atoms with Crippen LogP contribution in [0.3, 0.4) is 0 Å². The lowest BCUT2D eigenvalue weighted by molar-refractivity contribution is 0.320. The summed E-state index contributed by atoms with van der Waals surface area (Å²) in [5.41, 5.74) is 5.89. The normalized spacial score (nSPS) is 10.3. The second-order valence-corrected chi connectivity index (χ2v) is 6.15. The van der Waals surface area contributed by atoms with Gasteiger partial charge >= 0.3 is 0 Å². The summed E-state index contributed by atoms with van der Waals surface area (Å²) in [7, 11) is 0.